The quantitative estimate of drug-likeness (QED) is 0.841. The van der Waals surface area contributed by atoms with Crippen molar-refractivity contribution in [2.45, 2.75) is 19.3 Å². The largest absolute Gasteiger partial charge is 0.487 e. The minimum Gasteiger partial charge on any atom is -0.487 e. The lowest BCUT2D eigenvalue weighted by Crippen LogP contribution is -2.44. The van der Waals surface area contributed by atoms with E-state index in [0.717, 1.165) is 44.2 Å². The van der Waals surface area contributed by atoms with E-state index in [1.807, 2.05) is 23.0 Å². The maximum atomic E-state index is 5.74. The van der Waals surface area contributed by atoms with Crippen LogP contribution in [0.4, 0.5) is 0 Å². The van der Waals surface area contributed by atoms with Crippen LogP contribution in [0, 0.1) is 0 Å². The van der Waals surface area contributed by atoms with E-state index in [4.69, 9.17) is 9.47 Å². The van der Waals surface area contributed by atoms with Gasteiger partial charge in [0.05, 0.1) is 23.9 Å². The van der Waals surface area contributed by atoms with E-state index in [2.05, 4.69) is 34.4 Å². The normalized spacial score (nSPS) is 18.9. The molecule has 1 unspecified atom stereocenters. The number of hydrogen-bond donors (Lipinski definition) is 1. The van der Waals surface area contributed by atoms with E-state index in [0.29, 0.717) is 6.61 Å². The third kappa shape index (κ3) is 5.28. The summed E-state index contributed by atoms with van der Waals surface area (Å²) < 4.78 is 11.5. The van der Waals surface area contributed by atoms with Gasteiger partial charge in [-0.2, -0.15) is 0 Å². The van der Waals surface area contributed by atoms with Crippen molar-refractivity contribution < 1.29 is 9.47 Å². The van der Waals surface area contributed by atoms with Crippen LogP contribution in [-0.4, -0.2) is 49.3 Å². The first-order valence-electron chi connectivity index (χ1n) is 7.89. The van der Waals surface area contributed by atoms with Gasteiger partial charge in [0.2, 0.25) is 0 Å². The number of ether oxygens (including phenoxy) is 2. The number of benzene rings is 1. The number of likely N-dealkylation sites (N-methyl/N-ethyl adjacent to an activating group) is 1. The van der Waals surface area contributed by atoms with Gasteiger partial charge in [0.1, 0.15) is 12.4 Å². The Labute approximate surface area is 141 Å². The Kier molecular flexibility index (Phi) is 5.99. The summed E-state index contributed by atoms with van der Waals surface area (Å²) in [5, 5.41) is 5.47. The topological polar surface area (TPSA) is 46.6 Å². The average Bonchev–Trinajstić information content (AvgIpc) is 3.08. The van der Waals surface area contributed by atoms with Crippen molar-refractivity contribution in [3.63, 3.8) is 0 Å². The molecule has 0 bridgehead atoms. The predicted octanol–water partition coefficient (Wildman–Crippen LogP) is 2.14. The Morgan fingerprint density at radius 1 is 1.39 bits per heavy atom. The summed E-state index contributed by atoms with van der Waals surface area (Å²) in [7, 11) is 2.14. The van der Waals surface area contributed by atoms with Gasteiger partial charge in [-0.15, -0.1) is 11.3 Å². The molecule has 1 atom stereocenters. The molecule has 6 heteroatoms. The van der Waals surface area contributed by atoms with E-state index in [1.54, 1.807) is 11.3 Å². The number of morpholine rings is 1. The third-order valence-electron chi connectivity index (χ3n) is 3.84. The molecule has 1 aromatic heterocycles. The van der Waals surface area contributed by atoms with Crippen LogP contribution in [0.5, 0.6) is 5.75 Å². The van der Waals surface area contributed by atoms with Gasteiger partial charge >= 0.3 is 0 Å². The van der Waals surface area contributed by atoms with Crippen molar-refractivity contribution in [1.29, 1.82) is 0 Å². The molecule has 1 aliphatic heterocycles. The summed E-state index contributed by atoms with van der Waals surface area (Å²) in [5.74, 6) is 0.874. The molecular weight excluding hydrogens is 310 g/mol. The molecule has 1 saturated heterocycles. The number of aromatic nitrogens is 1. The molecule has 1 aliphatic rings. The molecule has 5 nitrogen and oxygen atoms in total. The highest BCUT2D eigenvalue weighted by Gasteiger charge is 2.16. The van der Waals surface area contributed by atoms with Crippen LogP contribution in [0.25, 0.3) is 0 Å². The minimum atomic E-state index is 0.287. The predicted molar refractivity (Wildman–Crippen MR) is 91.8 cm³/mol. The second-order valence-electron chi connectivity index (χ2n) is 5.80. The lowest BCUT2D eigenvalue weighted by molar-refractivity contribution is -0.0182. The van der Waals surface area contributed by atoms with E-state index in [9.17, 15) is 0 Å². The Morgan fingerprint density at radius 3 is 3.00 bits per heavy atom. The van der Waals surface area contributed by atoms with Crippen LogP contribution in [-0.2, 0) is 17.9 Å². The maximum absolute atomic E-state index is 5.74. The van der Waals surface area contributed by atoms with Crippen LogP contribution >= 0.6 is 11.3 Å². The fourth-order valence-electron chi connectivity index (χ4n) is 2.54. The van der Waals surface area contributed by atoms with Crippen LogP contribution in [0.3, 0.4) is 0 Å². The smallest absolute Gasteiger partial charge is 0.131 e. The summed E-state index contributed by atoms with van der Waals surface area (Å²) in [6.07, 6.45) is 0.287. The van der Waals surface area contributed by atoms with Gasteiger partial charge < -0.3 is 19.7 Å². The lowest BCUT2D eigenvalue weighted by Gasteiger charge is -2.30. The van der Waals surface area contributed by atoms with Gasteiger partial charge in [0.25, 0.3) is 0 Å². The molecule has 2 aromatic rings. The van der Waals surface area contributed by atoms with E-state index in [-0.39, 0.29) is 6.10 Å². The standard InChI is InChI=1S/C17H23N3O2S/c1-20-6-7-21-17(10-20)9-18-8-14-2-4-16(5-3-14)22-11-15-12-23-13-19-15/h2-5,12-13,17-18H,6-11H2,1H3. The van der Waals surface area contributed by atoms with Crippen LogP contribution in [0.2, 0.25) is 0 Å². The molecule has 1 fully saturated rings. The number of nitrogens with zero attached hydrogens (tertiary/aromatic N) is 2. The first-order valence-corrected chi connectivity index (χ1v) is 8.83. The zero-order valence-corrected chi connectivity index (χ0v) is 14.2. The second kappa shape index (κ2) is 8.40. The minimum absolute atomic E-state index is 0.287. The van der Waals surface area contributed by atoms with E-state index >= 15 is 0 Å². The van der Waals surface area contributed by atoms with Gasteiger partial charge in [0, 0.05) is 31.6 Å². The molecule has 23 heavy (non-hydrogen) atoms. The molecule has 2 heterocycles. The molecule has 124 valence electrons. The van der Waals surface area contributed by atoms with Gasteiger partial charge in [-0.3, -0.25) is 0 Å². The first kappa shape index (κ1) is 16.4. The van der Waals surface area contributed by atoms with E-state index in [1.165, 1.54) is 5.56 Å². The highest BCUT2D eigenvalue weighted by atomic mass is 32.1. The average molecular weight is 333 g/mol. The Balaban J connectivity index is 1.39. The molecule has 3 rings (SSSR count). The Hall–Kier alpha value is -1.47. The van der Waals surface area contributed by atoms with Gasteiger partial charge in [-0.25, -0.2) is 4.98 Å². The summed E-state index contributed by atoms with van der Waals surface area (Å²) in [4.78, 5) is 6.52. The van der Waals surface area contributed by atoms with Crippen molar-refractivity contribution in [2.24, 2.45) is 0 Å². The molecule has 0 saturated carbocycles. The monoisotopic (exact) mass is 333 g/mol. The highest BCUT2D eigenvalue weighted by molar-refractivity contribution is 7.07. The number of nitrogens with one attached hydrogen (secondary N) is 1. The summed E-state index contributed by atoms with van der Waals surface area (Å²) >= 11 is 1.59. The summed E-state index contributed by atoms with van der Waals surface area (Å²) in [5.41, 5.74) is 4.04. The molecular formula is C17H23N3O2S. The van der Waals surface area contributed by atoms with Crippen molar-refractivity contribution in [1.82, 2.24) is 15.2 Å². The van der Waals surface area contributed by atoms with Crippen LogP contribution < -0.4 is 10.1 Å². The second-order valence-corrected chi connectivity index (χ2v) is 6.52. The molecule has 0 amide bonds. The van der Waals surface area contributed by atoms with Gasteiger partial charge in [0.15, 0.2) is 0 Å². The number of hydrogen-bond acceptors (Lipinski definition) is 6. The molecule has 0 spiro atoms. The Morgan fingerprint density at radius 2 is 2.26 bits per heavy atom. The van der Waals surface area contributed by atoms with Crippen LogP contribution in [0.1, 0.15) is 11.3 Å². The maximum Gasteiger partial charge on any atom is 0.131 e. The fourth-order valence-corrected chi connectivity index (χ4v) is 3.08. The zero-order valence-electron chi connectivity index (χ0n) is 13.4. The van der Waals surface area contributed by atoms with Crippen molar-refractivity contribution in [3.05, 3.63) is 46.4 Å². The lowest BCUT2D eigenvalue weighted by atomic mass is 10.2. The van der Waals surface area contributed by atoms with Crippen molar-refractivity contribution in [3.8, 4) is 5.75 Å². The summed E-state index contributed by atoms with van der Waals surface area (Å²) in [6, 6.07) is 8.21. The van der Waals surface area contributed by atoms with Gasteiger partial charge in [-0.1, -0.05) is 12.1 Å². The zero-order chi connectivity index (χ0) is 15.9. The third-order valence-corrected chi connectivity index (χ3v) is 4.47. The molecule has 0 radical (unpaired) electrons. The number of thiazole rings is 1. The number of rotatable bonds is 7. The fraction of sp³-hybridized carbons (Fsp3) is 0.471. The first-order chi connectivity index (χ1) is 11.3. The summed E-state index contributed by atoms with van der Waals surface area (Å²) in [6.45, 7) is 5.10. The van der Waals surface area contributed by atoms with E-state index < -0.39 is 0 Å². The molecule has 0 aliphatic carbocycles. The van der Waals surface area contributed by atoms with Gasteiger partial charge in [-0.05, 0) is 24.7 Å². The van der Waals surface area contributed by atoms with Crippen molar-refractivity contribution >= 4 is 11.3 Å². The molecule has 1 aromatic carbocycles. The van der Waals surface area contributed by atoms with Crippen molar-refractivity contribution in [2.75, 3.05) is 33.3 Å². The van der Waals surface area contributed by atoms with Crippen LogP contribution in [0.15, 0.2) is 35.2 Å². The Bertz CT molecular complexity index is 574. The SMILES string of the molecule is CN1CCOC(CNCc2ccc(OCc3cscn3)cc2)C1. The molecule has 1 N–H and O–H groups in total. The highest BCUT2D eigenvalue weighted by Crippen LogP contribution is 2.14.